The molecule has 3 aromatic rings. The SMILES string of the molecule is CCc1cn(C2CC(O)C(CNC(=O)C3c4ccccc4-c4ccccc43)O2)c(=O)[nH]c1=O. The summed E-state index contributed by atoms with van der Waals surface area (Å²) in [6.45, 7) is 1.93. The zero-order chi connectivity index (χ0) is 23.1. The summed E-state index contributed by atoms with van der Waals surface area (Å²) in [5.74, 6) is -0.596. The molecule has 1 aliphatic carbocycles. The van der Waals surface area contributed by atoms with Crippen LogP contribution < -0.4 is 16.6 Å². The molecule has 5 rings (SSSR count). The predicted octanol–water partition coefficient (Wildman–Crippen LogP) is 1.68. The molecular formula is C25H25N3O5. The van der Waals surface area contributed by atoms with Crippen LogP contribution in [0.1, 0.15) is 42.2 Å². The minimum absolute atomic E-state index is 0.107. The average molecular weight is 447 g/mol. The highest BCUT2D eigenvalue weighted by Crippen LogP contribution is 2.44. The first-order valence-corrected chi connectivity index (χ1v) is 11.1. The first-order valence-electron chi connectivity index (χ1n) is 11.1. The molecule has 3 unspecified atom stereocenters. The number of aryl methyl sites for hydroxylation is 1. The van der Waals surface area contributed by atoms with Gasteiger partial charge in [0.1, 0.15) is 12.3 Å². The van der Waals surface area contributed by atoms with Crippen molar-refractivity contribution in [2.24, 2.45) is 0 Å². The molecule has 33 heavy (non-hydrogen) atoms. The van der Waals surface area contributed by atoms with Crippen molar-refractivity contribution in [2.45, 2.75) is 44.1 Å². The largest absolute Gasteiger partial charge is 0.390 e. The Morgan fingerprint density at radius 3 is 2.39 bits per heavy atom. The van der Waals surface area contributed by atoms with Crippen LogP contribution in [0.15, 0.2) is 64.3 Å². The van der Waals surface area contributed by atoms with E-state index in [1.165, 1.54) is 10.8 Å². The standard InChI is InChI=1S/C25H25N3O5/c1-2-14-13-28(25(32)27-23(14)30)21-11-19(29)20(33-21)12-26-24(31)22-17-9-5-3-7-15(17)16-8-4-6-10-18(16)22/h3-10,13,19-22,29H,2,11-12H2,1H3,(H,26,31)(H,27,30,32). The van der Waals surface area contributed by atoms with Crippen LogP contribution in [-0.2, 0) is 16.0 Å². The number of rotatable bonds is 5. The minimum atomic E-state index is -0.859. The fraction of sp³-hybridized carbons (Fsp3) is 0.320. The van der Waals surface area contributed by atoms with Gasteiger partial charge in [0, 0.05) is 24.7 Å². The molecule has 8 heteroatoms. The second kappa shape index (κ2) is 8.46. The Balaban J connectivity index is 1.31. The fourth-order valence-corrected chi connectivity index (χ4v) is 4.80. The summed E-state index contributed by atoms with van der Waals surface area (Å²) in [5.41, 5.74) is 3.46. The Morgan fingerprint density at radius 1 is 1.12 bits per heavy atom. The fourth-order valence-electron chi connectivity index (χ4n) is 4.80. The molecule has 1 fully saturated rings. The number of carbonyl (C=O) groups is 1. The maximum atomic E-state index is 13.2. The van der Waals surface area contributed by atoms with Crippen molar-refractivity contribution in [3.05, 3.63) is 92.3 Å². The number of aromatic nitrogens is 2. The Labute approximate surface area is 189 Å². The molecule has 0 spiro atoms. The second-order valence-electron chi connectivity index (χ2n) is 8.46. The molecule has 3 N–H and O–H groups in total. The summed E-state index contributed by atoms with van der Waals surface area (Å²) in [6.07, 6.45) is -0.118. The predicted molar refractivity (Wildman–Crippen MR) is 122 cm³/mol. The van der Waals surface area contributed by atoms with E-state index in [-0.39, 0.29) is 18.9 Å². The number of ether oxygens (including phenoxy) is 1. The topological polar surface area (TPSA) is 113 Å². The van der Waals surface area contributed by atoms with Crippen LogP contribution in [-0.4, -0.2) is 39.3 Å². The molecule has 1 aliphatic heterocycles. The highest BCUT2D eigenvalue weighted by atomic mass is 16.5. The van der Waals surface area contributed by atoms with E-state index in [1.54, 1.807) is 0 Å². The molecule has 8 nitrogen and oxygen atoms in total. The quantitative estimate of drug-likeness (QED) is 0.551. The monoisotopic (exact) mass is 447 g/mol. The van der Waals surface area contributed by atoms with Crippen molar-refractivity contribution in [3.8, 4) is 11.1 Å². The third-order valence-corrected chi connectivity index (χ3v) is 6.51. The summed E-state index contributed by atoms with van der Waals surface area (Å²) in [4.78, 5) is 39.6. The van der Waals surface area contributed by atoms with Gasteiger partial charge in [-0.15, -0.1) is 0 Å². The third-order valence-electron chi connectivity index (χ3n) is 6.51. The van der Waals surface area contributed by atoms with E-state index < -0.39 is 35.6 Å². The number of hydrogen-bond acceptors (Lipinski definition) is 5. The van der Waals surface area contributed by atoms with Gasteiger partial charge in [-0.25, -0.2) is 4.79 Å². The van der Waals surface area contributed by atoms with Gasteiger partial charge in [0.15, 0.2) is 0 Å². The molecule has 0 bridgehead atoms. The lowest BCUT2D eigenvalue weighted by Gasteiger charge is -2.19. The van der Waals surface area contributed by atoms with Crippen molar-refractivity contribution >= 4 is 5.91 Å². The highest BCUT2D eigenvalue weighted by Gasteiger charge is 2.38. The van der Waals surface area contributed by atoms with Gasteiger partial charge in [0.2, 0.25) is 5.91 Å². The number of nitrogens with zero attached hydrogens (tertiary/aromatic N) is 1. The second-order valence-corrected chi connectivity index (χ2v) is 8.46. The molecule has 2 aliphatic rings. The Kier molecular flexibility index (Phi) is 5.47. The number of nitrogens with one attached hydrogen (secondary N) is 2. The van der Waals surface area contributed by atoms with E-state index in [0.717, 1.165) is 22.3 Å². The Hall–Kier alpha value is -3.49. The van der Waals surface area contributed by atoms with Crippen LogP contribution in [0, 0.1) is 0 Å². The zero-order valence-corrected chi connectivity index (χ0v) is 18.2. The van der Waals surface area contributed by atoms with E-state index in [2.05, 4.69) is 10.3 Å². The highest BCUT2D eigenvalue weighted by molar-refractivity contribution is 5.96. The molecule has 1 aromatic heterocycles. The number of carbonyl (C=O) groups excluding carboxylic acids is 1. The lowest BCUT2D eigenvalue weighted by molar-refractivity contribution is -0.122. The zero-order valence-electron chi connectivity index (χ0n) is 18.2. The molecule has 2 heterocycles. The summed E-state index contributed by atoms with van der Waals surface area (Å²) in [6, 6.07) is 15.7. The molecule has 1 amide bonds. The smallest absolute Gasteiger partial charge is 0.330 e. The van der Waals surface area contributed by atoms with E-state index in [4.69, 9.17) is 4.74 Å². The summed E-state index contributed by atoms with van der Waals surface area (Å²) in [5, 5.41) is 13.5. The van der Waals surface area contributed by atoms with Gasteiger partial charge in [0.25, 0.3) is 5.56 Å². The number of aromatic amines is 1. The first kappa shape index (κ1) is 21.4. The van der Waals surface area contributed by atoms with Gasteiger partial charge in [-0.05, 0) is 28.7 Å². The lowest BCUT2D eigenvalue weighted by atomic mass is 9.96. The van der Waals surface area contributed by atoms with Crippen molar-refractivity contribution in [1.82, 2.24) is 14.9 Å². The number of H-pyrrole nitrogens is 1. The van der Waals surface area contributed by atoms with Crippen LogP contribution in [0.4, 0.5) is 0 Å². The van der Waals surface area contributed by atoms with Crippen LogP contribution in [0.3, 0.4) is 0 Å². The van der Waals surface area contributed by atoms with Crippen LogP contribution >= 0.6 is 0 Å². The van der Waals surface area contributed by atoms with Crippen molar-refractivity contribution < 1.29 is 14.6 Å². The van der Waals surface area contributed by atoms with Gasteiger partial charge in [0.05, 0.1) is 12.0 Å². The van der Waals surface area contributed by atoms with Gasteiger partial charge >= 0.3 is 5.69 Å². The van der Waals surface area contributed by atoms with Crippen LogP contribution in [0.5, 0.6) is 0 Å². The lowest BCUT2D eigenvalue weighted by Crippen LogP contribution is -2.39. The van der Waals surface area contributed by atoms with E-state index in [0.29, 0.717) is 12.0 Å². The third kappa shape index (κ3) is 3.71. The number of fused-ring (bicyclic) bond motifs is 3. The number of aliphatic hydroxyl groups excluding tert-OH is 1. The van der Waals surface area contributed by atoms with Gasteiger partial charge in [-0.3, -0.25) is 19.1 Å². The Morgan fingerprint density at radius 2 is 1.76 bits per heavy atom. The first-order chi connectivity index (χ1) is 16.0. The van der Waals surface area contributed by atoms with Crippen molar-refractivity contribution in [1.29, 1.82) is 0 Å². The molecule has 2 aromatic carbocycles. The van der Waals surface area contributed by atoms with Gasteiger partial charge < -0.3 is 15.2 Å². The normalized spacial score (nSPS) is 21.6. The molecule has 0 radical (unpaired) electrons. The van der Waals surface area contributed by atoms with E-state index >= 15 is 0 Å². The summed E-state index contributed by atoms with van der Waals surface area (Å²) < 4.78 is 7.21. The molecule has 3 atom stereocenters. The van der Waals surface area contributed by atoms with Crippen LogP contribution in [0.25, 0.3) is 11.1 Å². The maximum Gasteiger partial charge on any atom is 0.330 e. The van der Waals surface area contributed by atoms with E-state index in [9.17, 15) is 19.5 Å². The molecule has 170 valence electrons. The Bertz CT molecular complexity index is 1280. The summed E-state index contributed by atoms with van der Waals surface area (Å²) in [7, 11) is 0. The van der Waals surface area contributed by atoms with Crippen LogP contribution in [0.2, 0.25) is 0 Å². The number of benzene rings is 2. The molecule has 0 saturated carbocycles. The maximum absolute atomic E-state index is 13.2. The average Bonchev–Trinajstić information content (AvgIpc) is 3.35. The van der Waals surface area contributed by atoms with Crippen molar-refractivity contribution in [2.75, 3.05) is 6.54 Å². The van der Waals surface area contributed by atoms with Crippen molar-refractivity contribution in [3.63, 3.8) is 0 Å². The van der Waals surface area contributed by atoms with E-state index in [1.807, 2.05) is 55.5 Å². The number of aliphatic hydroxyl groups is 1. The number of amides is 1. The number of hydrogen-bond donors (Lipinski definition) is 3. The summed E-state index contributed by atoms with van der Waals surface area (Å²) >= 11 is 0. The molecular weight excluding hydrogens is 422 g/mol. The van der Waals surface area contributed by atoms with Gasteiger partial charge in [-0.1, -0.05) is 55.5 Å². The minimum Gasteiger partial charge on any atom is -0.390 e. The molecule has 1 saturated heterocycles. The van der Waals surface area contributed by atoms with Gasteiger partial charge in [-0.2, -0.15) is 0 Å².